The predicted octanol–water partition coefficient (Wildman–Crippen LogP) is 12.4. The fraction of sp³-hybridized carbons (Fsp3) is 0. The normalized spacial score (nSPS) is 11.8. The summed E-state index contributed by atoms with van der Waals surface area (Å²) >= 11 is 0. The van der Waals surface area contributed by atoms with Crippen LogP contribution in [0.1, 0.15) is 0 Å². The zero-order valence-electron chi connectivity index (χ0n) is 26.2. The van der Waals surface area contributed by atoms with Gasteiger partial charge in [-0.25, -0.2) is 0 Å². The van der Waals surface area contributed by atoms with E-state index in [0.717, 1.165) is 0 Å². The Balaban J connectivity index is 1.30. The third kappa shape index (κ3) is 3.93. The van der Waals surface area contributed by atoms with Crippen LogP contribution in [0.5, 0.6) is 0 Å². The third-order valence-corrected chi connectivity index (χ3v) is 9.91. The summed E-state index contributed by atoms with van der Waals surface area (Å²) < 4.78 is 4.93. The molecule has 10 aromatic rings. The smallest absolute Gasteiger partial charge is 0.0549 e. The van der Waals surface area contributed by atoms with Crippen LogP contribution >= 0.6 is 0 Å². The number of hydrogen-bond acceptors (Lipinski definition) is 0. The van der Waals surface area contributed by atoms with Gasteiger partial charge in [0.05, 0.1) is 33.4 Å². The molecule has 2 heterocycles. The van der Waals surface area contributed by atoms with Crippen molar-refractivity contribution in [3.63, 3.8) is 0 Å². The van der Waals surface area contributed by atoms with Crippen LogP contribution < -0.4 is 0 Å². The Morgan fingerprint density at radius 3 is 1.40 bits per heavy atom. The molecular weight excluding hydrogens is 581 g/mol. The summed E-state index contributed by atoms with van der Waals surface area (Å²) in [5.41, 5.74) is 12.0. The summed E-state index contributed by atoms with van der Waals surface area (Å²) in [7, 11) is 0. The Bertz CT molecular complexity index is 2830. The summed E-state index contributed by atoms with van der Waals surface area (Å²) in [4.78, 5) is 0. The molecule has 0 saturated heterocycles. The van der Waals surface area contributed by atoms with Gasteiger partial charge < -0.3 is 9.13 Å². The van der Waals surface area contributed by atoms with Crippen molar-refractivity contribution in [3.8, 4) is 33.6 Å². The Morgan fingerprint density at radius 2 is 0.771 bits per heavy atom. The van der Waals surface area contributed by atoms with Crippen LogP contribution in [0.4, 0.5) is 0 Å². The number of nitrogens with zero attached hydrogens (tertiary/aromatic N) is 2. The molecule has 2 nitrogen and oxygen atoms in total. The van der Waals surface area contributed by atoms with Crippen molar-refractivity contribution in [3.05, 3.63) is 182 Å². The van der Waals surface area contributed by atoms with Crippen molar-refractivity contribution in [2.75, 3.05) is 0 Å². The number of fused-ring (bicyclic) bond motifs is 8. The first-order valence-corrected chi connectivity index (χ1v) is 16.5. The molecule has 0 bridgehead atoms. The summed E-state index contributed by atoms with van der Waals surface area (Å²) in [6.45, 7) is 0. The van der Waals surface area contributed by atoms with E-state index in [9.17, 15) is 0 Å². The molecule has 0 aliphatic rings. The molecule has 0 spiro atoms. The maximum absolute atomic E-state index is 2.47. The van der Waals surface area contributed by atoms with E-state index in [4.69, 9.17) is 0 Å². The van der Waals surface area contributed by atoms with E-state index in [-0.39, 0.29) is 0 Å². The van der Waals surface area contributed by atoms with Gasteiger partial charge in [0, 0.05) is 32.7 Å². The first kappa shape index (κ1) is 26.8. The summed E-state index contributed by atoms with van der Waals surface area (Å²) in [5.74, 6) is 0. The van der Waals surface area contributed by atoms with E-state index >= 15 is 0 Å². The summed E-state index contributed by atoms with van der Waals surface area (Å²) in [6.07, 6.45) is 0. The fourth-order valence-corrected chi connectivity index (χ4v) is 7.84. The lowest BCUT2D eigenvalue weighted by Gasteiger charge is -2.15. The Kier molecular flexibility index (Phi) is 5.91. The Morgan fingerprint density at radius 1 is 0.292 bits per heavy atom. The molecule has 0 N–H and O–H groups in total. The SMILES string of the molecule is c1ccc(-c2ccccc2-n2c3ccccc3c3c4c5ccccc5n(-c5ccccc5-c5ccc6ccccc6c5)c4ccc32)cc1. The average Bonchev–Trinajstić information content (AvgIpc) is 3.68. The highest BCUT2D eigenvalue weighted by Crippen LogP contribution is 2.44. The van der Waals surface area contributed by atoms with Crippen molar-refractivity contribution in [2.45, 2.75) is 0 Å². The second-order valence-corrected chi connectivity index (χ2v) is 12.5. The molecule has 0 saturated carbocycles. The minimum absolute atomic E-state index is 1.18. The quantitative estimate of drug-likeness (QED) is 0.188. The lowest BCUT2D eigenvalue weighted by molar-refractivity contribution is 1.17. The number of rotatable bonds is 4. The maximum atomic E-state index is 2.47. The molecule has 0 unspecified atom stereocenters. The average molecular weight is 611 g/mol. The molecule has 0 atom stereocenters. The minimum atomic E-state index is 1.18. The van der Waals surface area contributed by atoms with Gasteiger partial charge in [-0.05, 0) is 64.4 Å². The van der Waals surface area contributed by atoms with Gasteiger partial charge in [-0.15, -0.1) is 0 Å². The lowest BCUT2D eigenvalue weighted by Crippen LogP contribution is -1.98. The molecule has 0 radical (unpaired) electrons. The van der Waals surface area contributed by atoms with Crippen LogP contribution in [0, 0.1) is 0 Å². The van der Waals surface area contributed by atoms with E-state index < -0.39 is 0 Å². The van der Waals surface area contributed by atoms with Crippen LogP contribution in [0.2, 0.25) is 0 Å². The Hall–Kier alpha value is -6.38. The van der Waals surface area contributed by atoms with Gasteiger partial charge in [0.15, 0.2) is 0 Å². The van der Waals surface area contributed by atoms with Crippen molar-refractivity contribution in [2.24, 2.45) is 0 Å². The molecular formula is C46H30N2. The monoisotopic (exact) mass is 610 g/mol. The molecule has 10 rings (SSSR count). The highest BCUT2D eigenvalue weighted by molar-refractivity contribution is 6.29. The highest BCUT2D eigenvalue weighted by atomic mass is 15.0. The summed E-state index contributed by atoms with van der Waals surface area (Å²) in [5, 5.41) is 7.57. The molecule has 0 amide bonds. The molecule has 0 fully saturated rings. The third-order valence-electron chi connectivity index (χ3n) is 9.91. The second-order valence-electron chi connectivity index (χ2n) is 12.5. The number of para-hydroxylation sites is 4. The van der Waals surface area contributed by atoms with E-state index in [1.165, 1.54) is 88.0 Å². The van der Waals surface area contributed by atoms with Crippen molar-refractivity contribution >= 4 is 54.4 Å². The van der Waals surface area contributed by atoms with Gasteiger partial charge in [-0.3, -0.25) is 0 Å². The fourth-order valence-electron chi connectivity index (χ4n) is 7.84. The van der Waals surface area contributed by atoms with E-state index in [2.05, 4.69) is 191 Å². The predicted molar refractivity (Wildman–Crippen MR) is 203 cm³/mol. The number of aromatic nitrogens is 2. The van der Waals surface area contributed by atoms with Gasteiger partial charge in [0.1, 0.15) is 0 Å². The topological polar surface area (TPSA) is 9.86 Å². The standard InChI is InChI=1S/C46H30N2/c1-2-15-32(16-3-1)35-18-6-10-22-39(35)47-41-24-12-8-20-37(41)45-43(47)28-29-44-46(45)38-21-9-13-25-42(38)48(44)40-23-11-7-19-36(40)34-27-26-31-14-4-5-17-33(31)30-34/h1-30H. The van der Waals surface area contributed by atoms with Crippen LogP contribution in [0.3, 0.4) is 0 Å². The van der Waals surface area contributed by atoms with Gasteiger partial charge in [-0.2, -0.15) is 0 Å². The lowest BCUT2D eigenvalue weighted by atomic mass is 9.99. The highest BCUT2D eigenvalue weighted by Gasteiger charge is 2.22. The molecule has 224 valence electrons. The van der Waals surface area contributed by atoms with Crippen molar-refractivity contribution in [1.82, 2.24) is 9.13 Å². The Labute approximate surface area is 278 Å². The second kappa shape index (κ2) is 10.6. The first-order chi connectivity index (χ1) is 23.8. The molecule has 48 heavy (non-hydrogen) atoms. The van der Waals surface area contributed by atoms with Crippen LogP contribution in [-0.2, 0) is 0 Å². The summed E-state index contributed by atoms with van der Waals surface area (Å²) in [6, 6.07) is 66.1. The van der Waals surface area contributed by atoms with E-state index in [0.29, 0.717) is 0 Å². The van der Waals surface area contributed by atoms with Gasteiger partial charge >= 0.3 is 0 Å². The zero-order valence-corrected chi connectivity index (χ0v) is 26.2. The van der Waals surface area contributed by atoms with Crippen LogP contribution in [0.15, 0.2) is 182 Å². The molecule has 2 aromatic heterocycles. The van der Waals surface area contributed by atoms with Crippen LogP contribution in [0.25, 0.3) is 88.0 Å². The van der Waals surface area contributed by atoms with Crippen molar-refractivity contribution < 1.29 is 0 Å². The number of hydrogen-bond donors (Lipinski definition) is 0. The van der Waals surface area contributed by atoms with Gasteiger partial charge in [-0.1, -0.05) is 140 Å². The zero-order chi connectivity index (χ0) is 31.6. The molecule has 2 heteroatoms. The first-order valence-electron chi connectivity index (χ1n) is 16.5. The van der Waals surface area contributed by atoms with Crippen molar-refractivity contribution in [1.29, 1.82) is 0 Å². The molecule has 8 aromatic carbocycles. The molecule has 0 aliphatic carbocycles. The van der Waals surface area contributed by atoms with E-state index in [1.807, 2.05) is 0 Å². The maximum Gasteiger partial charge on any atom is 0.0549 e. The van der Waals surface area contributed by atoms with E-state index in [1.54, 1.807) is 0 Å². The molecule has 0 aliphatic heterocycles. The largest absolute Gasteiger partial charge is 0.309 e. The van der Waals surface area contributed by atoms with Gasteiger partial charge in [0.2, 0.25) is 0 Å². The van der Waals surface area contributed by atoms with Gasteiger partial charge in [0.25, 0.3) is 0 Å². The number of benzene rings is 8. The van der Waals surface area contributed by atoms with Crippen LogP contribution in [-0.4, -0.2) is 9.13 Å². The minimum Gasteiger partial charge on any atom is -0.309 e.